The van der Waals surface area contributed by atoms with Crippen LogP contribution in [0.2, 0.25) is 0 Å². The van der Waals surface area contributed by atoms with E-state index in [1.807, 2.05) is 0 Å². The van der Waals surface area contributed by atoms with Crippen molar-refractivity contribution in [2.45, 2.75) is 121 Å². The van der Waals surface area contributed by atoms with Gasteiger partial charge in [0.15, 0.2) is 0 Å². The Labute approximate surface area is 406 Å². The molecule has 0 saturated carbocycles. The Balaban J connectivity index is 2.46. The van der Waals surface area contributed by atoms with E-state index < -0.39 is 158 Å². The number of aliphatic hydroxyl groups is 1. The fraction of sp³-hybridized carbons (Fsp3) is 0.489. The summed E-state index contributed by atoms with van der Waals surface area (Å²) in [7, 11) is 0. The van der Waals surface area contributed by atoms with E-state index in [0.717, 1.165) is 0 Å². The Morgan fingerprint density at radius 1 is 0.479 bits per heavy atom. The van der Waals surface area contributed by atoms with Crippen molar-refractivity contribution in [1.29, 1.82) is 0 Å². The normalized spacial score (nSPS) is 14.4. The second-order valence-electron chi connectivity index (χ2n) is 17.2. The first kappa shape index (κ1) is 59.3. The molecule has 26 nitrogen and oxygen atoms in total. The molecular formula is C45H62N8O18. The second kappa shape index (κ2) is 28.6. The summed E-state index contributed by atoms with van der Waals surface area (Å²) in [6, 6.07) is -2.86. The first-order valence-electron chi connectivity index (χ1n) is 22.1. The molecule has 2 rings (SSSR count). The van der Waals surface area contributed by atoms with E-state index in [2.05, 4.69) is 37.2 Å². The molecule has 16 N–H and O–H groups in total. The van der Waals surface area contributed by atoms with Crippen LogP contribution in [-0.2, 0) is 65.6 Å². The molecule has 390 valence electrons. The number of benzene rings is 2. The van der Waals surface area contributed by atoms with Gasteiger partial charge in [0.2, 0.25) is 41.4 Å². The van der Waals surface area contributed by atoms with Gasteiger partial charge in [0.1, 0.15) is 59.8 Å². The van der Waals surface area contributed by atoms with Gasteiger partial charge < -0.3 is 78.7 Å². The predicted octanol–water partition coefficient (Wildman–Crippen LogP) is -2.80. The Hall–Kier alpha value is -7.87. The highest BCUT2D eigenvalue weighted by molar-refractivity contribution is 5.99. The van der Waals surface area contributed by atoms with Crippen LogP contribution in [-0.4, -0.2) is 156 Å². The van der Waals surface area contributed by atoms with E-state index in [1.165, 1.54) is 62.4 Å². The first-order valence-corrected chi connectivity index (χ1v) is 22.1. The van der Waals surface area contributed by atoms with Gasteiger partial charge in [-0.05, 0) is 60.1 Å². The number of hydrogen-bond acceptors (Lipinski definition) is 15. The van der Waals surface area contributed by atoms with E-state index in [0.29, 0.717) is 11.1 Å². The molecule has 7 amide bonds. The van der Waals surface area contributed by atoms with Gasteiger partial charge in [-0.3, -0.25) is 47.9 Å². The number of carboxylic acid groups (broad SMARTS) is 4. The maximum absolute atomic E-state index is 14.1. The maximum atomic E-state index is 14.1. The van der Waals surface area contributed by atoms with E-state index in [4.69, 9.17) is 5.73 Å². The van der Waals surface area contributed by atoms with Crippen LogP contribution in [0.5, 0.6) is 11.5 Å². The standard InChI is InChI=1S/C45H62N8O18/c1-21(2)15-33(45(70)71)52-39(64)28(13-14-34(57)58)47-44(69)37(22(3)4)53-43(68)32(19-36(61)62)51-42(67)31(18-35(59)60)50-41(66)30(17-24-7-11-26(56)12-8-24)49-40(65)29(48-38(63)27(46)20-54)16-23-5-9-25(55)10-6-23/h5-12,21-22,27-33,37,54-56H,13-20,46H2,1-4H3,(H,47,69)(H,48,63)(H,49,65)(H,50,66)(H,51,67)(H,52,64)(H,53,68)(H,57,58)(H,59,60)(H,61,62)(H,70,71)/t27-,28-,29-,30-,31-,32-,33-,37-/m0/s1. The summed E-state index contributed by atoms with van der Waals surface area (Å²) in [5, 5.41) is 83.3. The summed E-state index contributed by atoms with van der Waals surface area (Å²) in [5.74, 6) is -15.6. The van der Waals surface area contributed by atoms with Crippen molar-refractivity contribution in [3.8, 4) is 11.5 Å². The zero-order chi connectivity index (χ0) is 53.7. The molecule has 0 heterocycles. The van der Waals surface area contributed by atoms with Crippen LogP contribution in [0.25, 0.3) is 0 Å². The fourth-order valence-corrected chi connectivity index (χ4v) is 6.65. The number of aromatic hydroxyl groups is 2. The molecule has 0 unspecified atom stereocenters. The minimum absolute atomic E-state index is 0.0248. The highest BCUT2D eigenvalue weighted by Crippen LogP contribution is 2.15. The van der Waals surface area contributed by atoms with Crippen LogP contribution >= 0.6 is 0 Å². The van der Waals surface area contributed by atoms with Crippen LogP contribution in [0.4, 0.5) is 0 Å². The Morgan fingerprint density at radius 3 is 1.23 bits per heavy atom. The Bertz CT molecular complexity index is 2220. The molecule has 26 heteroatoms. The highest BCUT2D eigenvalue weighted by Gasteiger charge is 2.37. The molecule has 2 aromatic carbocycles. The van der Waals surface area contributed by atoms with Crippen LogP contribution in [0.3, 0.4) is 0 Å². The molecule has 0 aliphatic carbocycles. The van der Waals surface area contributed by atoms with Gasteiger partial charge in [-0.15, -0.1) is 0 Å². The van der Waals surface area contributed by atoms with E-state index >= 15 is 0 Å². The molecule has 0 radical (unpaired) electrons. The van der Waals surface area contributed by atoms with E-state index in [1.54, 1.807) is 13.8 Å². The van der Waals surface area contributed by atoms with Gasteiger partial charge in [-0.2, -0.15) is 0 Å². The van der Waals surface area contributed by atoms with Crippen molar-refractivity contribution in [2.75, 3.05) is 6.61 Å². The monoisotopic (exact) mass is 1000 g/mol. The fourth-order valence-electron chi connectivity index (χ4n) is 6.65. The van der Waals surface area contributed by atoms with Crippen molar-refractivity contribution in [3.63, 3.8) is 0 Å². The van der Waals surface area contributed by atoms with Crippen LogP contribution in [0, 0.1) is 11.8 Å². The van der Waals surface area contributed by atoms with Crippen LogP contribution in [0.15, 0.2) is 48.5 Å². The lowest BCUT2D eigenvalue weighted by atomic mass is 10.00. The number of phenols is 2. The minimum Gasteiger partial charge on any atom is -0.508 e. The molecular weight excluding hydrogens is 941 g/mol. The topological polar surface area (TPSA) is 440 Å². The number of nitrogens with two attached hydrogens (primary N) is 1. The lowest BCUT2D eigenvalue weighted by Crippen LogP contribution is -2.61. The molecule has 0 bridgehead atoms. The summed E-state index contributed by atoms with van der Waals surface area (Å²) in [6.45, 7) is 5.40. The summed E-state index contributed by atoms with van der Waals surface area (Å²) in [5.41, 5.74) is 6.35. The molecule has 8 atom stereocenters. The van der Waals surface area contributed by atoms with Gasteiger partial charge in [0.05, 0.1) is 19.4 Å². The SMILES string of the molecule is CC(C)C[C@H](NC(=O)[C@H](CCC(=O)O)NC(=O)[C@@H](NC(=O)[C@H](CC(=O)O)NC(=O)[C@H](CC(=O)O)NC(=O)[C@H](Cc1ccc(O)cc1)NC(=O)[C@H](Cc1ccc(O)cc1)NC(=O)[C@@H](N)CO)C(C)C)C(=O)O. The zero-order valence-corrected chi connectivity index (χ0v) is 39.2. The average Bonchev–Trinajstić information content (AvgIpc) is 3.28. The number of amides is 7. The van der Waals surface area contributed by atoms with Gasteiger partial charge in [0.25, 0.3) is 0 Å². The Kier molecular flexibility index (Phi) is 23.9. The van der Waals surface area contributed by atoms with Crippen molar-refractivity contribution >= 4 is 65.2 Å². The molecule has 2 aromatic rings. The van der Waals surface area contributed by atoms with Gasteiger partial charge in [-0.25, -0.2) is 4.79 Å². The van der Waals surface area contributed by atoms with Crippen molar-refractivity contribution in [1.82, 2.24) is 37.2 Å². The lowest BCUT2D eigenvalue weighted by molar-refractivity contribution is -0.144. The number of carboxylic acids is 4. The molecule has 0 fully saturated rings. The largest absolute Gasteiger partial charge is 0.508 e. The maximum Gasteiger partial charge on any atom is 0.326 e. The van der Waals surface area contributed by atoms with E-state index in [9.17, 15) is 88.5 Å². The van der Waals surface area contributed by atoms with Crippen molar-refractivity contribution in [2.24, 2.45) is 17.6 Å². The number of rotatable bonds is 30. The molecule has 0 aliphatic heterocycles. The number of carbonyl (C=O) groups is 11. The molecule has 71 heavy (non-hydrogen) atoms. The number of phenolic OH excluding ortho intramolecular Hbond substituents is 2. The van der Waals surface area contributed by atoms with Crippen LogP contribution < -0.4 is 43.0 Å². The zero-order valence-electron chi connectivity index (χ0n) is 39.2. The number of hydrogen-bond donors (Lipinski definition) is 15. The molecule has 0 saturated heterocycles. The molecule has 0 spiro atoms. The third-order valence-corrected chi connectivity index (χ3v) is 10.4. The minimum atomic E-state index is -2.10. The number of aliphatic carboxylic acids is 4. The Morgan fingerprint density at radius 2 is 0.845 bits per heavy atom. The lowest BCUT2D eigenvalue weighted by Gasteiger charge is -2.28. The summed E-state index contributed by atoms with van der Waals surface area (Å²) in [6.07, 6.45) is -4.23. The summed E-state index contributed by atoms with van der Waals surface area (Å²) < 4.78 is 0. The summed E-state index contributed by atoms with van der Waals surface area (Å²) in [4.78, 5) is 142. The smallest absolute Gasteiger partial charge is 0.326 e. The first-order chi connectivity index (χ1) is 33.2. The molecule has 0 aromatic heterocycles. The van der Waals surface area contributed by atoms with Gasteiger partial charge >= 0.3 is 23.9 Å². The predicted molar refractivity (Wildman–Crippen MR) is 246 cm³/mol. The molecule has 0 aliphatic rings. The quantitative estimate of drug-likeness (QED) is 0.0376. The summed E-state index contributed by atoms with van der Waals surface area (Å²) >= 11 is 0. The number of aliphatic hydroxyl groups excluding tert-OH is 1. The van der Waals surface area contributed by atoms with Crippen molar-refractivity contribution < 1.29 is 88.5 Å². The van der Waals surface area contributed by atoms with E-state index in [-0.39, 0.29) is 30.3 Å². The highest BCUT2D eigenvalue weighted by atomic mass is 16.4. The second-order valence-corrected chi connectivity index (χ2v) is 17.2. The van der Waals surface area contributed by atoms with Crippen LogP contribution in [0.1, 0.15) is 70.9 Å². The number of carbonyl (C=O) groups excluding carboxylic acids is 7. The van der Waals surface area contributed by atoms with Crippen molar-refractivity contribution in [3.05, 3.63) is 59.7 Å². The van der Waals surface area contributed by atoms with Gasteiger partial charge in [-0.1, -0.05) is 52.0 Å². The average molecular weight is 1000 g/mol. The van der Waals surface area contributed by atoms with Gasteiger partial charge in [0, 0.05) is 19.3 Å². The number of nitrogens with one attached hydrogen (secondary N) is 7. The third-order valence-electron chi connectivity index (χ3n) is 10.4. The third kappa shape index (κ3) is 21.1.